The Morgan fingerprint density at radius 1 is 1.12 bits per heavy atom. The Morgan fingerprint density at radius 3 is 2.67 bits per heavy atom. The number of hydrogen-bond acceptors (Lipinski definition) is 7. The summed E-state index contributed by atoms with van der Waals surface area (Å²) in [5, 5.41) is 1.48. The van der Waals surface area contributed by atoms with E-state index in [1.54, 1.807) is 4.90 Å². The molecule has 2 atom stereocenters. The summed E-state index contributed by atoms with van der Waals surface area (Å²) in [4.78, 5) is 34.5. The van der Waals surface area contributed by atoms with E-state index in [2.05, 4.69) is 33.2 Å². The highest BCUT2D eigenvalue weighted by Gasteiger charge is 2.35. The molecule has 0 bridgehead atoms. The molecule has 0 aliphatic carbocycles. The molecule has 2 aromatic carbocycles. The third-order valence-corrected chi connectivity index (χ3v) is 8.83. The van der Waals surface area contributed by atoms with Gasteiger partial charge in [0.1, 0.15) is 24.3 Å². The molecule has 43 heavy (non-hydrogen) atoms. The summed E-state index contributed by atoms with van der Waals surface area (Å²) in [6, 6.07) is 11.4. The van der Waals surface area contributed by atoms with Crippen molar-refractivity contribution in [2.45, 2.75) is 37.9 Å². The Labute approximate surface area is 259 Å². The molecule has 1 unspecified atom stereocenters. The molecule has 226 valence electrons. The maximum Gasteiger partial charge on any atom is 0.318 e. The smallest absolute Gasteiger partial charge is 0.318 e. The number of hydrogen-bond donors (Lipinski definition) is 0. The van der Waals surface area contributed by atoms with E-state index in [1.807, 2.05) is 30.3 Å². The molecule has 4 heterocycles. The molecule has 2 saturated heterocycles. The summed E-state index contributed by atoms with van der Waals surface area (Å²) in [6.45, 7) is 15.8. The van der Waals surface area contributed by atoms with E-state index in [-0.39, 0.29) is 37.8 Å². The molecular formula is C32H38FN7O2S. The van der Waals surface area contributed by atoms with Crippen molar-refractivity contribution < 1.29 is 13.9 Å². The topological polar surface area (TPSA) is 69.4 Å². The number of nitrogens with zero attached hydrogens (tertiary/aromatic N) is 7. The van der Waals surface area contributed by atoms with Crippen molar-refractivity contribution >= 4 is 41.7 Å². The molecule has 1 amide bonds. The SMILES string of the molecule is S.[C-]#[N+]CC1CN(c2nc(OC[C@@H]3CCCN3C)nc3c2CCN(c2ccc(F)c4ccccc24)C3)CCN1C(=O)C=C. The van der Waals surface area contributed by atoms with Crippen LogP contribution >= 0.6 is 13.5 Å². The van der Waals surface area contributed by atoms with E-state index in [4.69, 9.17) is 21.3 Å². The van der Waals surface area contributed by atoms with Crippen LogP contribution < -0.4 is 14.5 Å². The number of benzene rings is 2. The monoisotopic (exact) mass is 603 g/mol. The van der Waals surface area contributed by atoms with Gasteiger partial charge in [0, 0.05) is 54.2 Å². The summed E-state index contributed by atoms with van der Waals surface area (Å²) in [6.07, 6.45) is 4.26. The van der Waals surface area contributed by atoms with Crippen molar-refractivity contribution in [3.63, 3.8) is 0 Å². The molecule has 9 nitrogen and oxygen atoms in total. The van der Waals surface area contributed by atoms with E-state index in [0.717, 1.165) is 54.1 Å². The zero-order chi connectivity index (χ0) is 29.2. The largest absolute Gasteiger partial charge is 0.462 e. The van der Waals surface area contributed by atoms with E-state index < -0.39 is 0 Å². The lowest BCUT2D eigenvalue weighted by atomic mass is 10.0. The van der Waals surface area contributed by atoms with Gasteiger partial charge in [0.05, 0.1) is 12.2 Å². The van der Waals surface area contributed by atoms with Gasteiger partial charge in [-0.2, -0.15) is 23.5 Å². The van der Waals surface area contributed by atoms with Gasteiger partial charge in [-0.15, -0.1) is 0 Å². The third-order valence-electron chi connectivity index (χ3n) is 8.83. The Kier molecular flexibility index (Phi) is 9.37. The first-order valence-corrected chi connectivity index (χ1v) is 14.6. The number of likely N-dealkylation sites (tertiary alicyclic amines) is 1. The highest BCUT2D eigenvalue weighted by molar-refractivity contribution is 7.59. The molecule has 3 aromatic rings. The predicted molar refractivity (Wildman–Crippen MR) is 172 cm³/mol. The summed E-state index contributed by atoms with van der Waals surface area (Å²) >= 11 is 0. The highest BCUT2D eigenvalue weighted by Crippen LogP contribution is 2.35. The number of piperazine rings is 1. The molecule has 3 aliphatic heterocycles. The number of rotatable bonds is 7. The Bertz CT molecular complexity index is 1550. The minimum Gasteiger partial charge on any atom is -0.462 e. The second-order valence-corrected chi connectivity index (χ2v) is 11.3. The van der Waals surface area contributed by atoms with Crippen molar-refractivity contribution in [2.75, 3.05) is 62.7 Å². The lowest BCUT2D eigenvalue weighted by molar-refractivity contribution is -0.128. The van der Waals surface area contributed by atoms with Crippen LogP contribution in [0, 0.1) is 12.4 Å². The lowest BCUT2D eigenvalue weighted by Gasteiger charge is -2.41. The second-order valence-electron chi connectivity index (χ2n) is 11.3. The Morgan fingerprint density at radius 2 is 1.93 bits per heavy atom. The van der Waals surface area contributed by atoms with Gasteiger partial charge in [-0.3, -0.25) is 4.79 Å². The summed E-state index contributed by atoms with van der Waals surface area (Å²) in [5.74, 6) is 0.436. The average molecular weight is 604 g/mol. The van der Waals surface area contributed by atoms with Crippen molar-refractivity contribution in [2.24, 2.45) is 0 Å². The number of carbonyl (C=O) groups excluding carboxylic acids is 1. The van der Waals surface area contributed by atoms with Gasteiger partial charge in [0.25, 0.3) is 0 Å². The molecule has 11 heteroatoms. The molecule has 1 aromatic heterocycles. The van der Waals surface area contributed by atoms with E-state index >= 15 is 0 Å². The molecule has 0 N–H and O–H groups in total. The minimum absolute atomic E-state index is 0. The van der Waals surface area contributed by atoms with Gasteiger partial charge in [-0.05, 0) is 51.1 Å². The maximum absolute atomic E-state index is 14.6. The first kappa shape index (κ1) is 30.6. The maximum atomic E-state index is 14.6. The summed E-state index contributed by atoms with van der Waals surface area (Å²) in [7, 11) is 2.12. The van der Waals surface area contributed by atoms with Gasteiger partial charge in [-0.1, -0.05) is 30.8 Å². The molecule has 0 radical (unpaired) electrons. The molecule has 0 saturated carbocycles. The lowest BCUT2D eigenvalue weighted by Crippen LogP contribution is -2.56. The van der Waals surface area contributed by atoms with Crippen LogP contribution in [0.1, 0.15) is 24.1 Å². The van der Waals surface area contributed by atoms with E-state index in [9.17, 15) is 9.18 Å². The highest BCUT2D eigenvalue weighted by atomic mass is 32.1. The van der Waals surface area contributed by atoms with Gasteiger partial charge < -0.3 is 29.2 Å². The zero-order valence-electron chi connectivity index (χ0n) is 24.5. The van der Waals surface area contributed by atoms with Crippen molar-refractivity contribution in [1.82, 2.24) is 19.8 Å². The standard InChI is InChI=1S/C32H36FN7O2.H2S/c1-4-30(41)40-17-16-39(19-23(40)18-34-2)31-26-13-15-38(29-12-11-27(33)24-9-5-6-10-25(24)29)20-28(26)35-32(36-31)42-21-22-8-7-14-37(22)3;/h4-6,9-12,22-23H,1,7-8,13-21H2,3H3;1H2/t22-,23?;/m0./s1. The number of fused-ring (bicyclic) bond motifs is 2. The molecule has 2 fully saturated rings. The van der Waals surface area contributed by atoms with Crippen LogP contribution in [0.15, 0.2) is 49.1 Å². The fourth-order valence-electron chi connectivity index (χ4n) is 6.52. The van der Waals surface area contributed by atoms with Gasteiger partial charge >= 0.3 is 6.01 Å². The normalized spacial score (nSPS) is 20.3. The number of amides is 1. The number of aromatic nitrogens is 2. The number of anilines is 2. The van der Waals surface area contributed by atoms with Crippen LogP contribution in [0.25, 0.3) is 15.6 Å². The van der Waals surface area contributed by atoms with Crippen molar-refractivity contribution in [1.29, 1.82) is 0 Å². The number of carbonyl (C=O) groups is 1. The molecule has 3 aliphatic rings. The van der Waals surface area contributed by atoms with E-state index in [1.165, 1.54) is 12.1 Å². The Balaban J connectivity index is 0.00000368. The van der Waals surface area contributed by atoms with Crippen LogP contribution in [0.5, 0.6) is 6.01 Å². The zero-order valence-corrected chi connectivity index (χ0v) is 25.5. The van der Waals surface area contributed by atoms with Crippen molar-refractivity contribution in [3.8, 4) is 6.01 Å². The summed E-state index contributed by atoms with van der Waals surface area (Å²) in [5.41, 5.74) is 2.93. The van der Waals surface area contributed by atoms with Gasteiger partial charge in [-0.25, -0.2) is 11.0 Å². The fraction of sp³-hybridized carbons (Fsp3) is 0.438. The first-order chi connectivity index (χ1) is 20.5. The van der Waals surface area contributed by atoms with Crippen LogP contribution in [0.2, 0.25) is 0 Å². The van der Waals surface area contributed by atoms with E-state index in [0.29, 0.717) is 56.6 Å². The summed E-state index contributed by atoms with van der Waals surface area (Å²) < 4.78 is 20.8. The second kappa shape index (κ2) is 13.2. The van der Waals surface area contributed by atoms with Crippen LogP contribution in [-0.4, -0.2) is 90.7 Å². The quantitative estimate of drug-likeness (QED) is 0.298. The van der Waals surface area contributed by atoms with Crippen LogP contribution in [0.4, 0.5) is 15.9 Å². The van der Waals surface area contributed by atoms with Crippen LogP contribution in [-0.2, 0) is 17.8 Å². The van der Waals surface area contributed by atoms with Crippen molar-refractivity contribution in [3.05, 3.63) is 77.5 Å². The number of ether oxygens (including phenoxy) is 1. The predicted octanol–water partition coefficient (Wildman–Crippen LogP) is 4.04. The third kappa shape index (κ3) is 6.12. The minimum atomic E-state index is -0.255. The number of likely N-dealkylation sites (N-methyl/N-ethyl adjacent to an activating group) is 1. The fourth-order valence-corrected chi connectivity index (χ4v) is 6.52. The average Bonchev–Trinajstić information content (AvgIpc) is 3.43. The molecule has 6 rings (SSSR count). The first-order valence-electron chi connectivity index (χ1n) is 14.6. The van der Waals surface area contributed by atoms with Gasteiger partial charge in [0.15, 0.2) is 0 Å². The molecular weight excluding hydrogens is 565 g/mol. The Hall–Kier alpha value is -3.88. The molecule has 0 spiro atoms. The van der Waals surface area contributed by atoms with Crippen LogP contribution in [0.3, 0.4) is 0 Å². The number of halogens is 1. The van der Waals surface area contributed by atoms with Gasteiger partial charge in [0.2, 0.25) is 12.5 Å².